The molecule has 0 unspecified atom stereocenters. The molecule has 0 amide bonds. The lowest BCUT2D eigenvalue weighted by molar-refractivity contribution is 0.409. The van der Waals surface area contributed by atoms with Crippen LogP contribution >= 0.6 is 0 Å². The molecule has 72 valence electrons. The monoisotopic (exact) mass is 190 g/mol. The average molecular weight is 190 g/mol. The van der Waals surface area contributed by atoms with E-state index in [0.717, 1.165) is 6.54 Å². The fourth-order valence-electron chi connectivity index (χ4n) is 1.35. The zero-order valence-corrected chi connectivity index (χ0v) is 8.69. The number of hydrogen-bond donors (Lipinski definition) is 1. The van der Waals surface area contributed by atoms with Gasteiger partial charge in [-0.3, -0.25) is 4.21 Å². The first-order valence-corrected chi connectivity index (χ1v) is 6.77. The van der Waals surface area contributed by atoms with Crippen LogP contribution in [0.5, 0.6) is 0 Å². The van der Waals surface area contributed by atoms with Crippen LogP contribution in [0.4, 0.5) is 0 Å². The van der Waals surface area contributed by atoms with E-state index >= 15 is 0 Å². The van der Waals surface area contributed by atoms with Crippen molar-refractivity contribution in [3.05, 3.63) is 0 Å². The van der Waals surface area contributed by atoms with Gasteiger partial charge >= 0.3 is 0 Å². The average Bonchev–Trinajstić information content (AvgIpc) is 2.02. The highest BCUT2D eigenvalue weighted by atomic mass is 32.2. The summed E-state index contributed by atoms with van der Waals surface area (Å²) in [5, 5.41) is 3.37. The topological polar surface area (TPSA) is 41.5 Å². The van der Waals surface area contributed by atoms with Crippen molar-refractivity contribution in [2.24, 2.45) is 4.36 Å². The molecule has 0 aliphatic carbocycles. The fourth-order valence-corrected chi connectivity index (χ4v) is 1.89. The summed E-state index contributed by atoms with van der Waals surface area (Å²) < 4.78 is 15.4. The SMILES string of the molecule is CS(C)(=O)=NC[C@H]1CCCCN1. The normalized spacial score (nSPS) is 25.3. The molecule has 0 radical (unpaired) electrons. The smallest absolute Gasteiger partial charge is 0.0637 e. The van der Waals surface area contributed by atoms with Crippen molar-refractivity contribution in [1.82, 2.24) is 5.32 Å². The van der Waals surface area contributed by atoms with E-state index in [1.807, 2.05) is 0 Å². The molecular weight excluding hydrogens is 172 g/mol. The van der Waals surface area contributed by atoms with Crippen molar-refractivity contribution < 1.29 is 4.21 Å². The van der Waals surface area contributed by atoms with Gasteiger partial charge in [0.1, 0.15) is 0 Å². The zero-order valence-electron chi connectivity index (χ0n) is 7.88. The van der Waals surface area contributed by atoms with E-state index in [-0.39, 0.29) is 0 Å². The third-order valence-electron chi connectivity index (χ3n) is 2.02. The Kier molecular flexibility index (Phi) is 3.53. The van der Waals surface area contributed by atoms with E-state index in [0.29, 0.717) is 12.6 Å². The fraction of sp³-hybridized carbons (Fsp3) is 1.00. The van der Waals surface area contributed by atoms with Crippen LogP contribution in [0.1, 0.15) is 19.3 Å². The minimum absolute atomic E-state index is 0.472. The molecule has 0 bridgehead atoms. The molecule has 0 spiro atoms. The van der Waals surface area contributed by atoms with E-state index in [4.69, 9.17) is 0 Å². The maximum absolute atomic E-state index is 11.2. The van der Waals surface area contributed by atoms with Crippen LogP contribution < -0.4 is 5.32 Å². The standard InChI is InChI=1S/C8H18N2OS/c1-12(2,11)10-7-8-5-3-4-6-9-8/h8-9H,3-7H2,1-2H3/t8-/m1/s1. The Balaban J connectivity index is 2.36. The number of nitrogens with one attached hydrogen (secondary N) is 1. The first-order valence-electron chi connectivity index (χ1n) is 4.44. The van der Waals surface area contributed by atoms with Gasteiger partial charge in [-0.1, -0.05) is 6.42 Å². The van der Waals surface area contributed by atoms with E-state index in [2.05, 4.69) is 9.68 Å². The second-order valence-corrected chi connectivity index (χ2v) is 6.26. The quantitative estimate of drug-likeness (QED) is 0.701. The third kappa shape index (κ3) is 4.07. The van der Waals surface area contributed by atoms with Gasteiger partial charge < -0.3 is 5.32 Å². The first-order chi connectivity index (χ1) is 5.58. The maximum Gasteiger partial charge on any atom is 0.0637 e. The van der Waals surface area contributed by atoms with Gasteiger partial charge in [0.25, 0.3) is 0 Å². The lowest BCUT2D eigenvalue weighted by atomic mass is 10.1. The Bertz CT molecular complexity index is 229. The molecule has 1 N–H and O–H groups in total. The van der Waals surface area contributed by atoms with Gasteiger partial charge in [0.2, 0.25) is 0 Å². The highest BCUT2D eigenvalue weighted by Gasteiger charge is 2.11. The van der Waals surface area contributed by atoms with E-state index < -0.39 is 9.73 Å². The molecule has 1 aliphatic rings. The van der Waals surface area contributed by atoms with Crippen molar-refractivity contribution in [3.63, 3.8) is 0 Å². The number of rotatable bonds is 2. The van der Waals surface area contributed by atoms with Crippen LogP contribution in [-0.4, -0.2) is 35.9 Å². The molecule has 1 atom stereocenters. The van der Waals surface area contributed by atoms with Gasteiger partial charge in [-0.2, -0.15) is 0 Å². The van der Waals surface area contributed by atoms with Crippen molar-refractivity contribution in [2.45, 2.75) is 25.3 Å². The third-order valence-corrected chi connectivity index (χ3v) is 2.79. The van der Waals surface area contributed by atoms with E-state index in [1.165, 1.54) is 19.3 Å². The second-order valence-electron chi connectivity index (χ2n) is 3.64. The van der Waals surface area contributed by atoms with Crippen molar-refractivity contribution in [3.8, 4) is 0 Å². The summed E-state index contributed by atoms with van der Waals surface area (Å²) in [7, 11) is -1.89. The largest absolute Gasteiger partial charge is 0.312 e. The molecule has 0 aromatic carbocycles. The highest BCUT2D eigenvalue weighted by Crippen LogP contribution is 2.07. The van der Waals surface area contributed by atoms with Crippen LogP contribution in [-0.2, 0) is 9.73 Å². The molecule has 0 aromatic rings. The minimum atomic E-state index is -1.89. The van der Waals surface area contributed by atoms with Gasteiger partial charge in [-0.15, -0.1) is 0 Å². The first kappa shape index (κ1) is 9.99. The van der Waals surface area contributed by atoms with Crippen LogP contribution in [0.15, 0.2) is 4.36 Å². The molecule has 12 heavy (non-hydrogen) atoms. The summed E-state index contributed by atoms with van der Waals surface area (Å²) in [6.45, 7) is 1.81. The van der Waals surface area contributed by atoms with Crippen LogP contribution in [0, 0.1) is 0 Å². The molecule has 1 aliphatic heterocycles. The van der Waals surface area contributed by atoms with Crippen molar-refractivity contribution in [1.29, 1.82) is 0 Å². The lowest BCUT2D eigenvalue weighted by Crippen LogP contribution is -2.36. The maximum atomic E-state index is 11.2. The van der Waals surface area contributed by atoms with Crippen molar-refractivity contribution in [2.75, 3.05) is 25.6 Å². The number of piperidine rings is 1. The summed E-state index contributed by atoms with van der Waals surface area (Å²) in [6, 6.07) is 0.472. The summed E-state index contributed by atoms with van der Waals surface area (Å²) in [5.74, 6) is 0. The van der Waals surface area contributed by atoms with Gasteiger partial charge in [0.05, 0.1) is 6.54 Å². The summed E-state index contributed by atoms with van der Waals surface area (Å²) in [5.41, 5.74) is 0. The molecule has 1 rings (SSSR count). The van der Waals surface area contributed by atoms with Gasteiger partial charge in [0.15, 0.2) is 0 Å². The predicted molar refractivity (Wildman–Crippen MR) is 52.9 cm³/mol. The van der Waals surface area contributed by atoms with E-state index in [9.17, 15) is 4.21 Å². The second kappa shape index (κ2) is 4.23. The highest BCUT2D eigenvalue weighted by molar-refractivity contribution is 7.92. The van der Waals surface area contributed by atoms with Crippen molar-refractivity contribution >= 4 is 9.73 Å². The Morgan fingerprint density at radius 2 is 2.25 bits per heavy atom. The van der Waals surface area contributed by atoms with Gasteiger partial charge in [-0.25, -0.2) is 4.36 Å². The molecular formula is C8H18N2OS. The molecule has 0 aromatic heterocycles. The van der Waals surface area contributed by atoms with Gasteiger partial charge in [0, 0.05) is 28.3 Å². The predicted octanol–water partition coefficient (Wildman–Crippen LogP) is 0.856. The summed E-state index contributed by atoms with van der Waals surface area (Å²) in [6.07, 6.45) is 7.11. The van der Waals surface area contributed by atoms with Gasteiger partial charge in [-0.05, 0) is 19.4 Å². The zero-order chi connectivity index (χ0) is 9.03. The Labute approximate surface area is 75.1 Å². The molecule has 3 nitrogen and oxygen atoms in total. The van der Waals surface area contributed by atoms with Crippen LogP contribution in [0.3, 0.4) is 0 Å². The number of hydrogen-bond acceptors (Lipinski definition) is 3. The number of nitrogens with zero attached hydrogens (tertiary/aromatic N) is 1. The molecule has 0 saturated carbocycles. The molecule has 1 heterocycles. The lowest BCUT2D eigenvalue weighted by Gasteiger charge is -2.21. The summed E-state index contributed by atoms with van der Waals surface area (Å²) in [4.78, 5) is 0. The van der Waals surface area contributed by atoms with E-state index in [1.54, 1.807) is 12.5 Å². The summed E-state index contributed by atoms with van der Waals surface area (Å²) >= 11 is 0. The minimum Gasteiger partial charge on any atom is -0.312 e. The van der Waals surface area contributed by atoms with Crippen LogP contribution in [0.2, 0.25) is 0 Å². The Morgan fingerprint density at radius 1 is 1.50 bits per heavy atom. The Hall–Kier alpha value is -0.0900. The molecule has 4 heteroatoms. The van der Waals surface area contributed by atoms with Crippen LogP contribution in [0.25, 0.3) is 0 Å². The molecule has 1 saturated heterocycles. The molecule has 1 fully saturated rings. The Morgan fingerprint density at radius 3 is 2.75 bits per heavy atom.